The molecule has 2 aromatic rings. The normalized spacial score (nSPS) is 17.9. The Morgan fingerprint density at radius 3 is 2.25 bits per heavy atom. The molecule has 1 heterocycles. The van der Waals surface area contributed by atoms with Gasteiger partial charge in [-0.15, -0.1) is 0 Å². The summed E-state index contributed by atoms with van der Waals surface area (Å²) in [5.41, 5.74) is 5.04. The summed E-state index contributed by atoms with van der Waals surface area (Å²) in [6, 6.07) is 19.8. The van der Waals surface area contributed by atoms with Crippen molar-refractivity contribution in [2.45, 2.75) is 6.42 Å². The van der Waals surface area contributed by atoms with Crippen LogP contribution < -0.4 is 10.4 Å². The number of nitrogens with one attached hydrogen (secondary N) is 1. The largest absolute Gasteiger partial charge is 0.273 e. The molecule has 1 amide bonds. The molecule has 1 atom stereocenters. The number of hydrogen-bond donors (Lipinski definition) is 1. The molecule has 0 aromatic heterocycles. The maximum absolute atomic E-state index is 12.2. The molecule has 0 spiro atoms. The van der Waals surface area contributed by atoms with Gasteiger partial charge in [0.15, 0.2) is 0 Å². The highest BCUT2D eigenvalue weighted by molar-refractivity contribution is 5.84. The minimum atomic E-state index is -0.114. The Balaban J connectivity index is 1.73. The van der Waals surface area contributed by atoms with Crippen LogP contribution in [0.2, 0.25) is 0 Å². The first kappa shape index (κ1) is 12.5. The predicted octanol–water partition coefficient (Wildman–Crippen LogP) is 2.91. The van der Waals surface area contributed by atoms with Gasteiger partial charge in [0.1, 0.15) is 0 Å². The smallest absolute Gasteiger partial charge is 0.246 e. The minimum absolute atomic E-state index is 0.0280. The molecule has 1 N–H and O–H groups in total. The van der Waals surface area contributed by atoms with E-state index in [2.05, 4.69) is 5.43 Å². The number of carbonyl (C=O) groups is 1. The van der Waals surface area contributed by atoms with Crippen LogP contribution in [0.25, 0.3) is 0 Å². The lowest BCUT2D eigenvalue weighted by Crippen LogP contribution is -2.45. The lowest BCUT2D eigenvalue weighted by molar-refractivity contribution is -0.124. The predicted molar refractivity (Wildman–Crippen MR) is 79.8 cm³/mol. The maximum atomic E-state index is 12.2. The van der Waals surface area contributed by atoms with Crippen molar-refractivity contribution < 1.29 is 4.79 Å². The summed E-state index contributed by atoms with van der Waals surface area (Å²) in [5, 5.41) is 1.75. The van der Waals surface area contributed by atoms with Crippen LogP contribution in [0.3, 0.4) is 0 Å². The van der Waals surface area contributed by atoms with Crippen molar-refractivity contribution in [3.8, 4) is 0 Å². The van der Waals surface area contributed by atoms with Crippen LogP contribution in [-0.2, 0) is 11.2 Å². The van der Waals surface area contributed by atoms with E-state index in [1.54, 1.807) is 5.01 Å². The Labute approximate surface area is 118 Å². The molecule has 3 heteroatoms. The molecule has 0 saturated carbocycles. The summed E-state index contributed by atoms with van der Waals surface area (Å²) in [7, 11) is 0. The fraction of sp³-hybridized carbons (Fsp3) is 0.118. The fourth-order valence-corrected chi connectivity index (χ4v) is 2.28. The third kappa shape index (κ3) is 2.72. The first-order valence-electron chi connectivity index (χ1n) is 6.70. The van der Waals surface area contributed by atoms with Gasteiger partial charge in [0.05, 0.1) is 11.6 Å². The van der Waals surface area contributed by atoms with Crippen molar-refractivity contribution in [2.75, 3.05) is 5.01 Å². The van der Waals surface area contributed by atoms with Gasteiger partial charge >= 0.3 is 0 Å². The number of hydrazine groups is 1. The first-order chi connectivity index (χ1) is 9.83. The van der Waals surface area contributed by atoms with Crippen LogP contribution in [0.5, 0.6) is 0 Å². The van der Waals surface area contributed by atoms with Gasteiger partial charge in [-0.1, -0.05) is 54.6 Å². The van der Waals surface area contributed by atoms with Crippen LogP contribution in [-0.4, -0.2) is 5.91 Å². The van der Waals surface area contributed by atoms with Crippen LogP contribution >= 0.6 is 0 Å². The van der Waals surface area contributed by atoms with E-state index in [1.807, 2.05) is 72.9 Å². The topological polar surface area (TPSA) is 32.3 Å². The van der Waals surface area contributed by atoms with Crippen molar-refractivity contribution in [3.05, 3.63) is 78.5 Å². The van der Waals surface area contributed by atoms with E-state index in [0.29, 0.717) is 0 Å². The number of para-hydroxylation sites is 1. The molecule has 0 fully saturated rings. The Kier molecular flexibility index (Phi) is 3.50. The molecular weight excluding hydrogens is 248 g/mol. The first-order valence-corrected chi connectivity index (χ1v) is 6.70. The number of rotatable bonds is 3. The van der Waals surface area contributed by atoms with Gasteiger partial charge in [-0.2, -0.15) is 0 Å². The third-order valence-corrected chi connectivity index (χ3v) is 3.37. The van der Waals surface area contributed by atoms with Gasteiger partial charge in [-0.05, 0) is 24.1 Å². The van der Waals surface area contributed by atoms with Crippen LogP contribution in [0, 0.1) is 5.92 Å². The lowest BCUT2D eigenvalue weighted by atomic mass is 9.98. The number of hydrogen-bond acceptors (Lipinski definition) is 2. The molecule has 0 radical (unpaired) electrons. The summed E-state index contributed by atoms with van der Waals surface area (Å²) in [4.78, 5) is 12.2. The molecule has 20 heavy (non-hydrogen) atoms. The number of amides is 1. The lowest BCUT2D eigenvalue weighted by Gasteiger charge is -2.28. The Hall–Kier alpha value is -2.55. The highest BCUT2D eigenvalue weighted by Crippen LogP contribution is 2.18. The summed E-state index contributed by atoms with van der Waals surface area (Å²) in [6.07, 6.45) is 4.61. The summed E-state index contributed by atoms with van der Waals surface area (Å²) >= 11 is 0. The number of benzene rings is 2. The van der Waals surface area contributed by atoms with Crippen molar-refractivity contribution in [3.63, 3.8) is 0 Å². The highest BCUT2D eigenvalue weighted by Gasteiger charge is 2.22. The highest BCUT2D eigenvalue weighted by atomic mass is 16.2. The Bertz CT molecular complexity index is 607. The van der Waals surface area contributed by atoms with Gasteiger partial charge in [-0.25, -0.2) is 0 Å². The molecule has 2 aromatic carbocycles. The second kappa shape index (κ2) is 5.61. The molecule has 1 unspecified atom stereocenters. The van der Waals surface area contributed by atoms with E-state index in [-0.39, 0.29) is 11.8 Å². The number of carbonyl (C=O) groups excluding carboxylic acids is 1. The fourth-order valence-electron chi connectivity index (χ4n) is 2.28. The van der Waals surface area contributed by atoms with E-state index in [9.17, 15) is 4.79 Å². The average molecular weight is 264 g/mol. The van der Waals surface area contributed by atoms with Crippen molar-refractivity contribution >= 4 is 11.6 Å². The second-order valence-corrected chi connectivity index (χ2v) is 4.82. The zero-order valence-electron chi connectivity index (χ0n) is 11.1. The van der Waals surface area contributed by atoms with Crippen molar-refractivity contribution in [1.82, 2.24) is 5.43 Å². The van der Waals surface area contributed by atoms with Crippen LogP contribution in [0.4, 0.5) is 5.69 Å². The van der Waals surface area contributed by atoms with Crippen LogP contribution in [0.15, 0.2) is 72.9 Å². The second-order valence-electron chi connectivity index (χ2n) is 4.82. The maximum Gasteiger partial charge on any atom is 0.246 e. The van der Waals surface area contributed by atoms with E-state index >= 15 is 0 Å². The van der Waals surface area contributed by atoms with Crippen molar-refractivity contribution in [2.24, 2.45) is 5.92 Å². The molecule has 1 aliphatic rings. The van der Waals surface area contributed by atoms with Gasteiger partial charge in [0.25, 0.3) is 0 Å². The molecule has 0 aliphatic carbocycles. The number of anilines is 1. The molecular formula is C17H16N2O. The quantitative estimate of drug-likeness (QED) is 0.924. The monoisotopic (exact) mass is 264 g/mol. The van der Waals surface area contributed by atoms with Gasteiger partial charge < -0.3 is 0 Å². The summed E-state index contributed by atoms with van der Waals surface area (Å²) in [5.74, 6) is -0.0856. The van der Waals surface area contributed by atoms with Gasteiger partial charge in [0, 0.05) is 6.20 Å². The molecule has 0 bridgehead atoms. The van der Waals surface area contributed by atoms with Gasteiger partial charge in [-0.3, -0.25) is 15.2 Å². The van der Waals surface area contributed by atoms with E-state index < -0.39 is 0 Å². The SMILES string of the molecule is O=C1NN(c2ccccc2)C=CC1Cc1ccccc1. The number of nitrogens with zero attached hydrogens (tertiary/aromatic N) is 1. The zero-order valence-corrected chi connectivity index (χ0v) is 11.1. The molecule has 3 nitrogen and oxygen atoms in total. The average Bonchev–Trinajstić information content (AvgIpc) is 2.51. The third-order valence-electron chi connectivity index (χ3n) is 3.37. The standard InChI is InChI=1S/C17H16N2O/c20-17-15(13-14-7-3-1-4-8-14)11-12-19(18-17)16-9-5-2-6-10-16/h1-12,15H,13H2,(H,18,20). The molecule has 100 valence electrons. The van der Waals surface area contributed by atoms with E-state index in [1.165, 1.54) is 5.56 Å². The summed E-state index contributed by atoms with van der Waals surface area (Å²) < 4.78 is 0. The minimum Gasteiger partial charge on any atom is -0.273 e. The van der Waals surface area contributed by atoms with E-state index in [0.717, 1.165) is 12.1 Å². The molecule has 0 saturated heterocycles. The molecule has 1 aliphatic heterocycles. The van der Waals surface area contributed by atoms with Gasteiger partial charge in [0.2, 0.25) is 5.91 Å². The molecule has 3 rings (SSSR count). The van der Waals surface area contributed by atoms with Crippen LogP contribution in [0.1, 0.15) is 5.56 Å². The van der Waals surface area contributed by atoms with Crippen molar-refractivity contribution in [1.29, 1.82) is 0 Å². The Morgan fingerprint density at radius 1 is 0.950 bits per heavy atom. The Morgan fingerprint density at radius 2 is 1.60 bits per heavy atom. The van der Waals surface area contributed by atoms with E-state index in [4.69, 9.17) is 0 Å². The summed E-state index contributed by atoms with van der Waals surface area (Å²) in [6.45, 7) is 0. The zero-order chi connectivity index (χ0) is 13.8.